The van der Waals surface area contributed by atoms with Crippen LogP contribution in [0.1, 0.15) is 46.0 Å². The molecular formula is C15H27N3O. The minimum Gasteiger partial charge on any atom is -0.322 e. The van der Waals surface area contributed by atoms with Crippen LogP contribution in [0, 0.1) is 5.92 Å². The molecule has 0 saturated carbocycles. The molecule has 1 N–H and O–H groups in total. The first-order chi connectivity index (χ1) is 9.20. The normalized spacial score (nSPS) is 42.1. The summed E-state index contributed by atoms with van der Waals surface area (Å²) in [5.74, 6) is 1.10. The first-order valence-electron chi connectivity index (χ1n) is 8.01. The highest BCUT2D eigenvalue weighted by molar-refractivity contribution is 5.84. The lowest BCUT2D eigenvalue weighted by Crippen LogP contribution is -2.59. The van der Waals surface area contributed by atoms with Gasteiger partial charge in [-0.15, -0.1) is 0 Å². The zero-order chi connectivity index (χ0) is 13.4. The molecule has 108 valence electrons. The lowest BCUT2D eigenvalue weighted by Gasteiger charge is -2.49. The quantitative estimate of drug-likeness (QED) is 0.835. The average Bonchev–Trinajstić information content (AvgIpc) is 2.72. The average molecular weight is 265 g/mol. The van der Waals surface area contributed by atoms with Crippen LogP contribution in [-0.4, -0.2) is 53.6 Å². The summed E-state index contributed by atoms with van der Waals surface area (Å²) in [4.78, 5) is 17.4. The Labute approximate surface area is 116 Å². The van der Waals surface area contributed by atoms with Crippen LogP contribution in [0.5, 0.6) is 0 Å². The fourth-order valence-corrected chi connectivity index (χ4v) is 4.13. The molecule has 2 bridgehead atoms. The molecule has 4 rings (SSSR count). The van der Waals surface area contributed by atoms with Crippen LogP contribution in [0.3, 0.4) is 0 Å². The summed E-state index contributed by atoms with van der Waals surface area (Å²) in [7, 11) is 0. The van der Waals surface area contributed by atoms with Crippen LogP contribution in [-0.2, 0) is 4.79 Å². The SMILES string of the molecule is CCCCC1NC(C)N(C2CN3CCC2CC3)C1=O. The summed E-state index contributed by atoms with van der Waals surface area (Å²) in [5, 5.41) is 3.50. The van der Waals surface area contributed by atoms with Crippen molar-refractivity contribution in [1.82, 2.24) is 15.1 Å². The van der Waals surface area contributed by atoms with Crippen molar-refractivity contribution in [3.8, 4) is 0 Å². The molecule has 4 aliphatic heterocycles. The molecule has 4 saturated heterocycles. The second kappa shape index (κ2) is 5.41. The van der Waals surface area contributed by atoms with Crippen molar-refractivity contribution < 1.29 is 4.79 Å². The van der Waals surface area contributed by atoms with Gasteiger partial charge < -0.3 is 9.80 Å². The minimum atomic E-state index is 0.0744. The predicted octanol–water partition coefficient (Wildman–Crippen LogP) is 1.42. The summed E-state index contributed by atoms with van der Waals surface area (Å²) in [6.45, 7) is 7.92. The number of hydrogen-bond acceptors (Lipinski definition) is 3. The van der Waals surface area contributed by atoms with Crippen molar-refractivity contribution in [1.29, 1.82) is 0 Å². The molecule has 4 nitrogen and oxygen atoms in total. The summed E-state index contributed by atoms with van der Waals surface area (Å²) in [6, 6.07) is 0.537. The molecule has 19 heavy (non-hydrogen) atoms. The van der Waals surface area contributed by atoms with Crippen molar-refractivity contribution in [2.24, 2.45) is 5.92 Å². The van der Waals surface area contributed by atoms with E-state index in [2.05, 4.69) is 29.0 Å². The van der Waals surface area contributed by atoms with E-state index in [1.54, 1.807) is 0 Å². The highest BCUT2D eigenvalue weighted by atomic mass is 16.2. The first-order valence-corrected chi connectivity index (χ1v) is 8.01. The number of nitrogens with zero attached hydrogens (tertiary/aromatic N) is 2. The third kappa shape index (κ3) is 2.40. The Bertz CT molecular complexity index is 338. The van der Waals surface area contributed by atoms with Gasteiger partial charge in [-0.2, -0.15) is 0 Å². The number of rotatable bonds is 4. The summed E-state index contributed by atoms with van der Waals surface area (Å²) in [6.07, 6.45) is 6.09. The number of carbonyl (C=O) groups is 1. The lowest BCUT2D eigenvalue weighted by molar-refractivity contribution is -0.136. The van der Waals surface area contributed by atoms with E-state index >= 15 is 0 Å². The van der Waals surface area contributed by atoms with Crippen LogP contribution in [0.4, 0.5) is 0 Å². The highest BCUT2D eigenvalue weighted by Gasteiger charge is 2.45. The number of unbranched alkanes of at least 4 members (excludes halogenated alkanes) is 1. The van der Waals surface area contributed by atoms with Gasteiger partial charge in [0.1, 0.15) is 0 Å². The van der Waals surface area contributed by atoms with E-state index in [-0.39, 0.29) is 12.2 Å². The van der Waals surface area contributed by atoms with Gasteiger partial charge in [-0.25, -0.2) is 0 Å². The number of nitrogens with one attached hydrogen (secondary N) is 1. The maximum Gasteiger partial charge on any atom is 0.241 e. The third-order valence-electron chi connectivity index (χ3n) is 5.24. The van der Waals surface area contributed by atoms with Gasteiger partial charge >= 0.3 is 0 Å². The summed E-state index contributed by atoms with van der Waals surface area (Å²) >= 11 is 0. The number of piperidine rings is 3. The Balaban J connectivity index is 1.68. The number of hydrogen-bond donors (Lipinski definition) is 1. The first kappa shape index (κ1) is 13.4. The van der Waals surface area contributed by atoms with Crippen LogP contribution >= 0.6 is 0 Å². The number of amides is 1. The molecule has 1 amide bonds. The molecule has 3 atom stereocenters. The van der Waals surface area contributed by atoms with Crippen molar-refractivity contribution in [2.75, 3.05) is 19.6 Å². The summed E-state index contributed by atoms with van der Waals surface area (Å²) < 4.78 is 0. The Morgan fingerprint density at radius 1 is 1.32 bits per heavy atom. The number of carbonyl (C=O) groups excluding carboxylic acids is 1. The van der Waals surface area contributed by atoms with Crippen LogP contribution < -0.4 is 5.32 Å². The molecule has 3 unspecified atom stereocenters. The van der Waals surface area contributed by atoms with Crippen molar-refractivity contribution in [2.45, 2.75) is 64.2 Å². The van der Waals surface area contributed by atoms with Gasteiger partial charge in [-0.05, 0) is 45.2 Å². The van der Waals surface area contributed by atoms with E-state index in [0.717, 1.165) is 25.3 Å². The van der Waals surface area contributed by atoms with Gasteiger partial charge in [0.15, 0.2) is 0 Å². The molecular weight excluding hydrogens is 238 g/mol. The van der Waals surface area contributed by atoms with Gasteiger partial charge in [0, 0.05) is 12.6 Å². The fourth-order valence-electron chi connectivity index (χ4n) is 4.13. The molecule has 4 fully saturated rings. The fraction of sp³-hybridized carbons (Fsp3) is 0.933. The zero-order valence-electron chi connectivity index (χ0n) is 12.3. The highest BCUT2D eigenvalue weighted by Crippen LogP contribution is 2.33. The van der Waals surface area contributed by atoms with E-state index in [1.807, 2.05) is 0 Å². The predicted molar refractivity (Wildman–Crippen MR) is 75.7 cm³/mol. The van der Waals surface area contributed by atoms with Crippen LogP contribution in [0.25, 0.3) is 0 Å². The van der Waals surface area contributed by atoms with Crippen molar-refractivity contribution in [3.63, 3.8) is 0 Å². The molecule has 0 radical (unpaired) electrons. The maximum absolute atomic E-state index is 12.6. The molecule has 0 spiro atoms. The molecule has 4 aliphatic rings. The van der Waals surface area contributed by atoms with Gasteiger partial charge in [-0.1, -0.05) is 19.8 Å². The topological polar surface area (TPSA) is 35.6 Å². The van der Waals surface area contributed by atoms with Gasteiger partial charge in [0.2, 0.25) is 5.91 Å². The van der Waals surface area contributed by atoms with E-state index in [9.17, 15) is 4.79 Å². The standard InChI is InChI=1S/C15H27N3O/c1-3-4-5-13-15(19)18(11(2)16-13)14-10-17-8-6-12(14)7-9-17/h11-14,16H,3-10H2,1-2H3. The van der Waals surface area contributed by atoms with E-state index in [4.69, 9.17) is 0 Å². The molecule has 4 heterocycles. The zero-order valence-corrected chi connectivity index (χ0v) is 12.3. The van der Waals surface area contributed by atoms with E-state index in [1.165, 1.54) is 32.4 Å². The largest absolute Gasteiger partial charge is 0.322 e. The Hall–Kier alpha value is -0.610. The lowest BCUT2D eigenvalue weighted by atomic mass is 9.83. The van der Waals surface area contributed by atoms with Gasteiger partial charge in [-0.3, -0.25) is 10.1 Å². The Morgan fingerprint density at radius 3 is 2.63 bits per heavy atom. The Kier molecular flexibility index (Phi) is 3.81. The minimum absolute atomic E-state index is 0.0744. The number of fused-ring (bicyclic) bond motifs is 3. The summed E-state index contributed by atoms with van der Waals surface area (Å²) in [5.41, 5.74) is 0. The second-order valence-corrected chi connectivity index (χ2v) is 6.49. The molecule has 0 aliphatic carbocycles. The second-order valence-electron chi connectivity index (χ2n) is 6.49. The smallest absolute Gasteiger partial charge is 0.241 e. The van der Waals surface area contributed by atoms with E-state index < -0.39 is 0 Å². The van der Waals surface area contributed by atoms with Crippen LogP contribution in [0.2, 0.25) is 0 Å². The molecule has 4 heteroatoms. The molecule has 0 aromatic heterocycles. The molecule has 0 aromatic carbocycles. The van der Waals surface area contributed by atoms with E-state index in [0.29, 0.717) is 11.9 Å². The van der Waals surface area contributed by atoms with Crippen LogP contribution in [0.15, 0.2) is 0 Å². The monoisotopic (exact) mass is 265 g/mol. The van der Waals surface area contributed by atoms with Crippen molar-refractivity contribution in [3.05, 3.63) is 0 Å². The Morgan fingerprint density at radius 2 is 2.05 bits per heavy atom. The molecule has 0 aromatic rings. The van der Waals surface area contributed by atoms with Crippen molar-refractivity contribution >= 4 is 5.91 Å². The van der Waals surface area contributed by atoms with Gasteiger partial charge in [0.05, 0.1) is 12.2 Å². The third-order valence-corrected chi connectivity index (χ3v) is 5.24. The maximum atomic E-state index is 12.6. The van der Waals surface area contributed by atoms with Gasteiger partial charge in [0.25, 0.3) is 0 Å².